The van der Waals surface area contributed by atoms with Crippen LogP contribution in [0.2, 0.25) is 0 Å². The summed E-state index contributed by atoms with van der Waals surface area (Å²) in [5.41, 5.74) is -1.30. The summed E-state index contributed by atoms with van der Waals surface area (Å²) in [7, 11) is 0. The molecule has 0 saturated carbocycles. The molecule has 14 heavy (non-hydrogen) atoms. The van der Waals surface area contributed by atoms with Crippen LogP contribution in [0.4, 0.5) is 8.78 Å². The Balaban J connectivity index is 3.27. The van der Waals surface area contributed by atoms with E-state index in [0.717, 1.165) is 12.3 Å². The summed E-state index contributed by atoms with van der Waals surface area (Å²) in [4.78, 5) is 13.7. The zero-order valence-electron chi connectivity index (χ0n) is 6.74. The molecule has 0 unspecified atom stereocenters. The second-order valence-corrected chi connectivity index (χ2v) is 2.37. The van der Waals surface area contributed by atoms with Crippen molar-refractivity contribution in [2.45, 2.75) is 6.43 Å². The number of nitriles is 1. The van der Waals surface area contributed by atoms with Crippen LogP contribution in [-0.2, 0) is 0 Å². The molecule has 0 aliphatic rings. The first-order chi connectivity index (χ1) is 6.56. The summed E-state index contributed by atoms with van der Waals surface area (Å²) >= 11 is 0. The van der Waals surface area contributed by atoms with Crippen molar-refractivity contribution in [3.8, 4) is 6.07 Å². The molecule has 0 spiro atoms. The number of aromatic nitrogens is 1. The van der Waals surface area contributed by atoms with Crippen molar-refractivity contribution in [3.05, 3.63) is 29.1 Å². The average Bonchev–Trinajstić information content (AvgIpc) is 2.16. The van der Waals surface area contributed by atoms with E-state index in [-0.39, 0.29) is 11.1 Å². The van der Waals surface area contributed by atoms with E-state index < -0.39 is 18.1 Å². The smallest absolute Gasteiger partial charge is 0.338 e. The summed E-state index contributed by atoms with van der Waals surface area (Å²) in [6, 6.07) is 2.29. The number of halogens is 2. The monoisotopic (exact) mass is 198 g/mol. The second kappa shape index (κ2) is 3.79. The molecule has 1 heterocycles. The van der Waals surface area contributed by atoms with Crippen molar-refractivity contribution < 1.29 is 18.7 Å². The number of carbonyl (C=O) groups is 1. The molecule has 4 nitrogen and oxygen atoms in total. The van der Waals surface area contributed by atoms with Crippen LogP contribution in [0, 0.1) is 11.3 Å². The van der Waals surface area contributed by atoms with Gasteiger partial charge in [-0.25, -0.2) is 13.6 Å². The Morgan fingerprint density at radius 3 is 2.71 bits per heavy atom. The first kappa shape index (κ1) is 10.1. The van der Waals surface area contributed by atoms with Gasteiger partial charge in [-0.3, -0.25) is 4.98 Å². The summed E-state index contributed by atoms with van der Waals surface area (Å²) in [5, 5.41) is 17.0. The third-order valence-electron chi connectivity index (χ3n) is 1.50. The number of hydrogen-bond donors (Lipinski definition) is 1. The van der Waals surface area contributed by atoms with Gasteiger partial charge in [-0.05, 0) is 6.07 Å². The van der Waals surface area contributed by atoms with Crippen LogP contribution in [0.15, 0.2) is 12.3 Å². The predicted octanol–water partition coefficient (Wildman–Crippen LogP) is 1.59. The van der Waals surface area contributed by atoms with Crippen molar-refractivity contribution in [1.29, 1.82) is 5.26 Å². The van der Waals surface area contributed by atoms with E-state index in [2.05, 4.69) is 4.98 Å². The number of carboxylic acids is 1. The number of alkyl halides is 2. The van der Waals surface area contributed by atoms with Gasteiger partial charge in [0.1, 0.15) is 11.8 Å². The Kier molecular flexibility index (Phi) is 2.72. The topological polar surface area (TPSA) is 74.0 Å². The van der Waals surface area contributed by atoms with Crippen molar-refractivity contribution in [2.75, 3.05) is 0 Å². The first-order valence-electron chi connectivity index (χ1n) is 3.47. The molecular formula is C8H4F2N2O2. The van der Waals surface area contributed by atoms with Gasteiger partial charge in [0.05, 0.1) is 11.1 Å². The average molecular weight is 198 g/mol. The molecule has 72 valence electrons. The lowest BCUT2D eigenvalue weighted by Gasteiger charge is -2.01. The second-order valence-electron chi connectivity index (χ2n) is 2.37. The molecule has 1 N–H and O–H groups in total. The Morgan fingerprint density at radius 1 is 1.64 bits per heavy atom. The fraction of sp³-hybridized carbons (Fsp3) is 0.125. The number of carboxylic acid groups (broad SMARTS) is 1. The van der Waals surface area contributed by atoms with Crippen LogP contribution < -0.4 is 0 Å². The lowest BCUT2D eigenvalue weighted by atomic mass is 10.1. The van der Waals surface area contributed by atoms with Crippen LogP contribution in [-0.4, -0.2) is 16.1 Å². The van der Waals surface area contributed by atoms with Gasteiger partial charge >= 0.3 is 5.97 Å². The van der Waals surface area contributed by atoms with E-state index in [1.807, 2.05) is 0 Å². The predicted molar refractivity (Wildman–Crippen MR) is 40.9 cm³/mol. The molecule has 0 aromatic carbocycles. The van der Waals surface area contributed by atoms with Gasteiger partial charge in [0.25, 0.3) is 6.43 Å². The van der Waals surface area contributed by atoms with Gasteiger partial charge in [-0.2, -0.15) is 5.26 Å². The molecule has 0 aliphatic heterocycles. The van der Waals surface area contributed by atoms with E-state index in [4.69, 9.17) is 10.4 Å². The Morgan fingerprint density at radius 2 is 2.29 bits per heavy atom. The number of hydrogen-bond acceptors (Lipinski definition) is 3. The molecular weight excluding hydrogens is 194 g/mol. The summed E-state index contributed by atoms with van der Waals surface area (Å²) in [6.45, 7) is 0. The van der Waals surface area contributed by atoms with Gasteiger partial charge in [0, 0.05) is 6.20 Å². The minimum absolute atomic E-state index is 0.317. The van der Waals surface area contributed by atoms with Crippen molar-refractivity contribution >= 4 is 5.97 Å². The van der Waals surface area contributed by atoms with Crippen molar-refractivity contribution in [1.82, 2.24) is 4.98 Å². The molecule has 0 atom stereocenters. The van der Waals surface area contributed by atoms with E-state index in [9.17, 15) is 13.6 Å². The lowest BCUT2D eigenvalue weighted by Crippen LogP contribution is -2.03. The zero-order valence-corrected chi connectivity index (χ0v) is 6.74. The summed E-state index contributed by atoms with van der Waals surface area (Å²) in [6.07, 6.45) is -2.06. The Bertz CT molecular complexity index is 412. The maximum absolute atomic E-state index is 12.1. The lowest BCUT2D eigenvalue weighted by molar-refractivity contribution is 0.0695. The highest BCUT2D eigenvalue weighted by atomic mass is 19.3. The Hall–Kier alpha value is -2.03. The van der Waals surface area contributed by atoms with Crippen molar-refractivity contribution in [2.24, 2.45) is 0 Å². The number of rotatable bonds is 2. The van der Waals surface area contributed by atoms with E-state index in [0.29, 0.717) is 0 Å². The molecule has 0 radical (unpaired) electrons. The molecule has 0 aliphatic carbocycles. The molecule has 1 rings (SSSR count). The molecule has 1 aromatic rings. The number of nitrogens with zero attached hydrogens (tertiary/aromatic N) is 2. The van der Waals surface area contributed by atoms with Crippen LogP contribution in [0.3, 0.4) is 0 Å². The maximum Gasteiger partial charge on any atom is 0.338 e. The number of aromatic carboxylic acids is 1. The fourth-order valence-corrected chi connectivity index (χ4v) is 0.854. The molecule has 0 amide bonds. The highest BCUT2D eigenvalue weighted by Gasteiger charge is 2.15. The third kappa shape index (κ3) is 1.82. The third-order valence-corrected chi connectivity index (χ3v) is 1.50. The maximum atomic E-state index is 12.1. The minimum atomic E-state index is -2.81. The van der Waals surface area contributed by atoms with Gasteiger partial charge in [-0.15, -0.1) is 0 Å². The zero-order chi connectivity index (χ0) is 10.7. The van der Waals surface area contributed by atoms with Gasteiger partial charge in [0.15, 0.2) is 0 Å². The quantitative estimate of drug-likeness (QED) is 0.782. The SMILES string of the molecule is N#Cc1cc(C(F)F)ncc1C(=O)O. The minimum Gasteiger partial charge on any atom is -0.478 e. The normalized spacial score (nSPS) is 9.86. The summed E-state index contributed by atoms with van der Waals surface area (Å²) < 4.78 is 24.2. The Labute approximate surface area is 77.4 Å². The van der Waals surface area contributed by atoms with Crippen LogP contribution >= 0.6 is 0 Å². The highest BCUT2D eigenvalue weighted by Crippen LogP contribution is 2.18. The van der Waals surface area contributed by atoms with Gasteiger partial charge in [-0.1, -0.05) is 0 Å². The van der Waals surface area contributed by atoms with Crippen molar-refractivity contribution in [3.63, 3.8) is 0 Å². The molecule has 1 aromatic heterocycles. The van der Waals surface area contributed by atoms with Gasteiger partial charge < -0.3 is 5.11 Å². The van der Waals surface area contributed by atoms with Gasteiger partial charge in [0.2, 0.25) is 0 Å². The van der Waals surface area contributed by atoms with Crippen LogP contribution in [0.25, 0.3) is 0 Å². The molecule has 0 saturated heterocycles. The first-order valence-corrected chi connectivity index (χ1v) is 3.47. The molecule has 0 fully saturated rings. The van der Waals surface area contributed by atoms with E-state index in [1.165, 1.54) is 6.07 Å². The highest BCUT2D eigenvalue weighted by molar-refractivity contribution is 5.90. The number of pyridine rings is 1. The largest absolute Gasteiger partial charge is 0.478 e. The molecule has 0 bridgehead atoms. The van der Waals surface area contributed by atoms with E-state index >= 15 is 0 Å². The summed E-state index contributed by atoms with van der Waals surface area (Å²) in [5.74, 6) is -1.37. The van der Waals surface area contributed by atoms with Crippen LogP contribution in [0.5, 0.6) is 0 Å². The molecule has 6 heteroatoms. The van der Waals surface area contributed by atoms with E-state index in [1.54, 1.807) is 0 Å². The fourth-order valence-electron chi connectivity index (χ4n) is 0.854. The standard InChI is InChI=1S/C8H4F2N2O2/c9-7(10)6-1-4(2-11)5(3-12-6)8(13)14/h1,3,7H,(H,13,14). The van der Waals surface area contributed by atoms with Crippen LogP contribution in [0.1, 0.15) is 28.0 Å².